The average molecular weight is 318 g/mol. The second-order valence-electron chi connectivity index (χ2n) is 3.80. The maximum atomic E-state index is 13.6. The summed E-state index contributed by atoms with van der Waals surface area (Å²) in [5.74, 6) is 0.558. The predicted octanol–water partition coefficient (Wildman–Crippen LogP) is 5.06. The fraction of sp³-hybridized carbons (Fsp3) is 0.231. The van der Waals surface area contributed by atoms with Crippen LogP contribution in [0.1, 0.15) is 21.7 Å². The average Bonchev–Trinajstić information content (AvgIpc) is 2.70. The number of hydrogen-bond acceptors (Lipinski definition) is 1. The molecule has 2 rings (SSSR count). The summed E-state index contributed by atoms with van der Waals surface area (Å²) in [6, 6.07) is 6.60. The Morgan fingerprint density at radius 3 is 2.76 bits per heavy atom. The maximum Gasteiger partial charge on any atom is 0.127 e. The van der Waals surface area contributed by atoms with Gasteiger partial charge in [-0.25, -0.2) is 4.39 Å². The van der Waals surface area contributed by atoms with Crippen LogP contribution in [-0.4, -0.2) is 0 Å². The molecule has 0 fully saturated rings. The molecular weight excluding hydrogens is 306 g/mol. The highest BCUT2D eigenvalue weighted by Crippen LogP contribution is 2.33. The second kappa shape index (κ2) is 5.23. The van der Waals surface area contributed by atoms with Crippen LogP contribution in [0, 0.1) is 12.7 Å². The monoisotopic (exact) mass is 316 g/mol. The zero-order valence-electron chi connectivity index (χ0n) is 9.21. The lowest BCUT2D eigenvalue weighted by Crippen LogP contribution is -1.99. The van der Waals surface area contributed by atoms with Crippen molar-refractivity contribution >= 4 is 27.5 Å². The van der Waals surface area contributed by atoms with Crippen molar-refractivity contribution in [2.75, 3.05) is 0 Å². The van der Waals surface area contributed by atoms with Gasteiger partial charge in [0.05, 0.1) is 6.26 Å². The first-order chi connectivity index (χ1) is 8.09. The van der Waals surface area contributed by atoms with Gasteiger partial charge in [0.25, 0.3) is 0 Å². The molecule has 0 amide bonds. The predicted molar refractivity (Wildman–Crippen MR) is 70.2 cm³/mol. The molecule has 0 radical (unpaired) electrons. The van der Waals surface area contributed by atoms with Crippen LogP contribution in [0.5, 0.6) is 0 Å². The smallest absolute Gasteiger partial charge is 0.127 e. The molecule has 4 heteroatoms. The Balaban J connectivity index is 2.25. The van der Waals surface area contributed by atoms with Gasteiger partial charge in [-0.05, 0) is 31.5 Å². The van der Waals surface area contributed by atoms with Gasteiger partial charge in [0.15, 0.2) is 0 Å². The van der Waals surface area contributed by atoms with E-state index >= 15 is 0 Å². The Morgan fingerprint density at radius 1 is 1.41 bits per heavy atom. The lowest BCUT2D eigenvalue weighted by atomic mass is 10.0. The van der Waals surface area contributed by atoms with E-state index in [1.54, 1.807) is 18.4 Å². The number of aryl methyl sites for hydroxylation is 1. The van der Waals surface area contributed by atoms with Crippen molar-refractivity contribution in [1.29, 1.82) is 0 Å². The first-order valence-electron chi connectivity index (χ1n) is 5.20. The molecule has 1 heterocycles. The summed E-state index contributed by atoms with van der Waals surface area (Å²) in [7, 11) is 0. The van der Waals surface area contributed by atoms with Crippen molar-refractivity contribution in [3.63, 3.8) is 0 Å². The Morgan fingerprint density at radius 2 is 2.18 bits per heavy atom. The summed E-state index contributed by atoms with van der Waals surface area (Å²) >= 11 is 9.53. The molecule has 1 atom stereocenters. The van der Waals surface area contributed by atoms with E-state index in [0.717, 1.165) is 11.3 Å². The number of hydrogen-bond donors (Lipinski definition) is 0. The number of furan rings is 1. The maximum absolute atomic E-state index is 13.6. The molecule has 0 aliphatic rings. The van der Waals surface area contributed by atoms with E-state index in [0.29, 0.717) is 17.0 Å². The van der Waals surface area contributed by atoms with Gasteiger partial charge in [0, 0.05) is 21.0 Å². The van der Waals surface area contributed by atoms with Gasteiger partial charge in [0.2, 0.25) is 0 Å². The summed E-state index contributed by atoms with van der Waals surface area (Å²) in [6.07, 6.45) is 2.12. The van der Waals surface area contributed by atoms with Gasteiger partial charge in [0.1, 0.15) is 11.6 Å². The van der Waals surface area contributed by atoms with Crippen LogP contribution < -0.4 is 0 Å². The number of alkyl halides is 1. The van der Waals surface area contributed by atoms with E-state index in [1.165, 1.54) is 6.07 Å². The number of rotatable bonds is 3. The van der Waals surface area contributed by atoms with Crippen LogP contribution in [0.3, 0.4) is 0 Å². The van der Waals surface area contributed by atoms with Gasteiger partial charge in [-0.3, -0.25) is 0 Å². The lowest BCUT2D eigenvalue weighted by Gasteiger charge is -2.11. The van der Waals surface area contributed by atoms with E-state index in [1.807, 2.05) is 13.0 Å². The van der Waals surface area contributed by atoms with Crippen LogP contribution in [0.2, 0.25) is 5.02 Å². The fourth-order valence-corrected chi connectivity index (χ4v) is 2.78. The molecule has 1 unspecified atom stereocenters. The summed E-state index contributed by atoms with van der Waals surface area (Å²) < 4.78 is 18.9. The summed E-state index contributed by atoms with van der Waals surface area (Å²) in [4.78, 5) is -0.00403. The summed E-state index contributed by atoms with van der Waals surface area (Å²) in [5.41, 5.74) is 1.54. The quantitative estimate of drug-likeness (QED) is 0.721. The Kier molecular flexibility index (Phi) is 3.89. The van der Waals surface area contributed by atoms with Crippen molar-refractivity contribution in [3.05, 3.63) is 58.3 Å². The Labute approximate surface area is 113 Å². The van der Waals surface area contributed by atoms with E-state index in [9.17, 15) is 4.39 Å². The van der Waals surface area contributed by atoms with Gasteiger partial charge in [-0.1, -0.05) is 33.6 Å². The second-order valence-corrected chi connectivity index (χ2v) is 5.32. The molecule has 0 bridgehead atoms. The Hall–Kier alpha value is -0.800. The molecule has 1 aromatic heterocycles. The molecule has 0 N–H and O–H groups in total. The van der Waals surface area contributed by atoms with Crippen molar-refractivity contribution in [2.24, 2.45) is 0 Å². The van der Waals surface area contributed by atoms with Crippen molar-refractivity contribution < 1.29 is 8.81 Å². The molecule has 0 saturated carbocycles. The summed E-state index contributed by atoms with van der Waals surface area (Å²) in [5, 5.41) is 0.454. The third-order valence-electron chi connectivity index (χ3n) is 2.68. The molecule has 90 valence electrons. The van der Waals surface area contributed by atoms with Gasteiger partial charge in [-0.15, -0.1) is 0 Å². The molecule has 1 nitrogen and oxygen atoms in total. The zero-order valence-corrected chi connectivity index (χ0v) is 11.6. The number of halogens is 3. The molecule has 2 aromatic rings. The van der Waals surface area contributed by atoms with Gasteiger partial charge in [-0.2, -0.15) is 0 Å². The van der Waals surface area contributed by atoms with Crippen LogP contribution >= 0.6 is 27.5 Å². The largest absolute Gasteiger partial charge is 0.469 e. The molecule has 0 aliphatic carbocycles. The minimum Gasteiger partial charge on any atom is -0.469 e. The minimum absolute atomic E-state index is 0.00403. The summed E-state index contributed by atoms with van der Waals surface area (Å²) in [6.45, 7) is 1.88. The molecule has 0 aliphatic heterocycles. The van der Waals surface area contributed by atoms with Crippen molar-refractivity contribution in [2.45, 2.75) is 18.2 Å². The highest BCUT2D eigenvalue weighted by Gasteiger charge is 2.17. The molecular formula is C13H11BrClFO. The van der Waals surface area contributed by atoms with Gasteiger partial charge < -0.3 is 4.42 Å². The highest BCUT2D eigenvalue weighted by molar-refractivity contribution is 9.09. The lowest BCUT2D eigenvalue weighted by molar-refractivity contribution is 0.529. The molecule has 1 aromatic carbocycles. The normalized spacial score (nSPS) is 12.7. The topological polar surface area (TPSA) is 13.1 Å². The van der Waals surface area contributed by atoms with E-state index in [-0.39, 0.29) is 10.6 Å². The number of benzene rings is 1. The minimum atomic E-state index is -0.275. The van der Waals surface area contributed by atoms with Crippen LogP contribution in [-0.2, 0) is 6.42 Å². The van der Waals surface area contributed by atoms with Crippen LogP contribution in [0.15, 0.2) is 34.9 Å². The van der Waals surface area contributed by atoms with Crippen molar-refractivity contribution in [3.8, 4) is 0 Å². The standard InChI is InChI=1S/C13H11BrClFO/c1-8-9(5-6-17-8)11(14)7-10-12(15)3-2-4-13(10)16/h2-6,11H,7H2,1H3. The first-order valence-corrected chi connectivity index (χ1v) is 6.50. The third-order valence-corrected chi connectivity index (χ3v) is 3.85. The van der Waals surface area contributed by atoms with Gasteiger partial charge >= 0.3 is 0 Å². The van der Waals surface area contributed by atoms with E-state index < -0.39 is 0 Å². The molecule has 0 spiro atoms. The fourth-order valence-electron chi connectivity index (χ4n) is 1.74. The van der Waals surface area contributed by atoms with Crippen LogP contribution in [0.25, 0.3) is 0 Å². The molecule has 0 saturated heterocycles. The van der Waals surface area contributed by atoms with E-state index in [4.69, 9.17) is 16.0 Å². The SMILES string of the molecule is Cc1occc1C(Br)Cc1c(F)cccc1Cl. The van der Waals surface area contributed by atoms with Crippen molar-refractivity contribution in [1.82, 2.24) is 0 Å². The van der Waals surface area contributed by atoms with Crippen LogP contribution in [0.4, 0.5) is 4.39 Å². The third kappa shape index (κ3) is 2.72. The Bertz CT molecular complexity index is 504. The molecule has 17 heavy (non-hydrogen) atoms. The highest BCUT2D eigenvalue weighted by atomic mass is 79.9. The van der Waals surface area contributed by atoms with E-state index in [2.05, 4.69) is 15.9 Å². The zero-order chi connectivity index (χ0) is 12.4. The first kappa shape index (κ1) is 12.7.